The van der Waals surface area contributed by atoms with Crippen LogP contribution in [0.1, 0.15) is 0 Å². The Balaban J connectivity index is 0.00000144. The summed E-state index contributed by atoms with van der Waals surface area (Å²) in [5.41, 5.74) is 2.54. The van der Waals surface area contributed by atoms with Gasteiger partial charge < -0.3 is 0 Å². The van der Waals surface area contributed by atoms with Gasteiger partial charge in [0, 0.05) is 31.3 Å². The van der Waals surface area contributed by atoms with Gasteiger partial charge in [0.15, 0.2) is 0 Å². The van der Waals surface area contributed by atoms with Gasteiger partial charge in [-0.15, -0.1) is 29.8 Å². The van der Waals surface area contributed by atoms with E-state index in [4.69, 9.17) is 0 Å². The summed E-state index contributed by atoms with van der Waals surface area (Å²) in [6, 6.07) is 23.8. The second-order valence-corrected chi connectivity index (χ2v) is 4.97. The van der Waals surface area contributed by atoms with Gasteiger partial charge in [0.1, 0.15) is 0 Å². The van der Waals surface area contributed by atoms with Crippen molar-refractivity contribution in [2.45, 2.75) is 0 Å². The average Bonchev–Trinajstić information content (AvgIpc) is 2.55. The molecule has 0 atom stereocenters. The zero-order chi connectivity index (χ0) is 14.2. The molecule has 0 saturated carbocycles. The van der Waals surface area contributed by atoms with Crippen LogP contribution < -0.4 is 0 Å². The van der Waals surface area contributed by atoms with E-state index in [0.717, 1.165) is 22.2 Å². The molecular weight excluding hydrogens is 453 g/mol. The van der Waals surface area contributed by atoms with Gasteiger partial charge in [-0.25, -0.2) is 0 Å². The number of benzene rings is 3. The molecule has 0 bridgehead atoms. The molecule has 0 aliphatic rings. The van der Waals surface area contributed by atoms with E-state index in [-0.39, 0.29) is 25.9 Å². The molecule has 0 unspecified atom stereocenters. The fraction of sp³-hybridized carbons (Fsp3) is 0. The number of nitrogens with zero attached hydrogens (tertiary/aromatic N) is 1. The smallest absolute Gasteiger partial charge is 0.0601 e. The number of halogens is 1. The Morgan fingerprint density at radius 1 is 0.818 bits per heavy atom. The molecule has 3 heteroatoms. The van der Waals surface area contributed by atoms with Gasteiger partial charge in [0.05, 0.1) is 5.52 Å². The van der Waals surface area contributed by atoms with Crippen LogP contribution in [0.2, 0.25) is 0 Å². The molecule has 1 radical (unpaired) electrons. The number of hydrogen-bond donors (Lipinski definition) is 0. The second-order valence-electron chi connectivity index (χ2n) is 4.97. The van der Waals surface area contributed by atoms with Crippen molar-refractivity contribution < 1.29 is 24.5 Å². The fourth-order valence-electron chi connectivity index (χ4n) is 2.60. The van der Waals surface area contributed by atoms with Crippen LogP contribution in [0.15, 0.2) is 66.7 Å². The standard InChI is InChI=1S/C19H11FN.Ir/c20-15-8-5-14(6-9-15)18-12-10-17-16-4-2-1-3-13(16)7-11-19(17)21-18;/h1-5,7-12H;/q-1;. The predicted molar refractivity (Wildman–Crippen MR) is 83.5 cm³/mol. The van der Waals surface area contributed by atoms with Gasteiger partial charge in [0.25, 0.3) is 0 Å². The molecule has 109 valence electrons. The Labute approximate surface area is 141 Å². The minimum absolute atomic E-state index is 0. The molecule has 0 aliphatic carbocycles. The van der Waals surface area contributed by atoms with Crippen LogP contribution in [0.5, 0.6) is 0 Å². The SMILES string of the molecule is Fc1c[c-]c(-c2ccc3c(ccc4ccccc43)n2)cc1.[Ir]. The summed E-state index contributed by atoms with van der Waals surface area (Å²) >= 11 is 0. The van der Waals surface area contributed by atoms with E-state index < -0.39 is 0 Å². The maximum Gasteiger partial charge on any atom is 0.0601 e. The Bertz CT molecular complexity index is 948. The van der Waals surface area contributed by atoms with E-state index in [2.05, 4.69) is 35.3 Å². The van der Waals surface area contributed by atoms with Gasteiger partial charge >= 0.3 is 0 Å². The summed E-state index contributed by atoms with van der Waals surface area (Å²) in [7, 11) is 0. The summed E-state index contributed by atoms with van der Waals surface area (Å²) in [5, 5.41) is 3.52. The Morgan fingerprint density at radius 3 is 2.50 bits per heavy atom. The number of pyridine rings is 1. The number of hydrogen-bond acceptors (Lipinski definition) is 1. The van der Waals surface area contributed by atoms with Crippen LogP contribution in [-0.2, 0) is 20.1 Å². The molecule has 0 amide bonds. The van der Waals surface area contributed by atoms with Crippen molar-refractivity contribution >= 4 is 21.7 Å². The monoisotopic (exact) mass is 465 g/mol. The van der Waals surface area contributed by atoms with E-state index in [1.54, 1.807) is 6.07 Å². The van der Waals surface area contributed by atoms with Crippen LogP contribution in [0, 0.1) is 11.9 Å². The van der Waals surface area contributed by atoms with Crippen molar-refractivity contribution in [3.05, 3.63) is 78.6 Å². The topological polar surface area (TPSA) is 12.9 Å². The van der Waals surface area contributed by atoms with Crippen LogP contribution >= 0.6 is 0 Å². The molecule has 0 spiro atoms. The molecule has 4 aromatic rings. The van der Waals surface area contributed by atoms with Gasteiger partial charge in [-0.05, 0) is 22.5 Å². The maximum absolute atomic E-state index is 13.0. The molecule has 1 nitrogen and oxygen atoms in total. The van der Waals surface area contributed by atoms with E-state index >= 15 is 0 Å². The third-order valence-corrected chi connectivity index (χ3v) is 3.65. The number of rotatable bonds is 1. The molecule has 22 heavy (non-hydrogen) atoms. The largest absolute Gasteiger partial charge is 0.296 e. The zero-order valence-electron chi connectivity index (χ0n) is 11.5. The Morgan fingerprint density at radius 2 is 1.68 bits per heavy atom. The first-order valence-electron chi connectivity index (χ1n) is 6.77. The zero-order valence-corrected chi connectivity index (χ0v) is 13.9. The normalized spacial score (nSPS) is 10.6. The molecule has 1 heterocycles. The maximum atomic E-state index is 13.0. The van der Waals surface area contributed by atoms with Gasteiger partial charge in [0.2, 0.25) is 0 Å². The first-order chi connectivity index (χ1) is 10.3. The molecule has 1 aromatic heterocycles. The van der Waals surface area contributed by atoms with Crippen molar-refractivity contribution in [3.8, 4) is 11.3 Å². The quantitative estimate of drug-likeness (QED) is 0.286. The molecule has 4 rings (SSSR count). The summed E-state index contributed by atoms with van der Waals surface area (Å²) in [6.07, 6.45) is 0. The summed E-state index contributed by atoms with van der Waals surface area (Å²) in [5.74, 6) is -0.287. The first-order valence-corrected chi connectivity index (χ1v) is 6.77. The molecule has 0 saturated heterocycles. The van der Waals surface area contributed by atoms with Crippen LogP contribution in [0.3, 0.4) is 0 Å². The second kappa shape index (κ2) is 5.96. The van der Waals surface area contributed by atoms with Crippen molar-refractivity contribution in [2.24, 2.45) is 0 Å². The third kappa shape index (κ3) is 2.54. The molecule has 0 fully saturated rings. The molecule has 3 aromatic carbocycles. The third-order valence-electron chi connectivity index (χ3n) is 3.65. The molecule has 0 aliphatic heterocycles. The average molecular weight is 465 g/mol. The van der Waals surface area contributed by atoms with Crippen molar-refractivity contribution in [1.82, 2.24) is 4.98 Å². The van der Waals surface area contributed by atoms with Crippen LogP contribution in [0.25, 0.3) is 32.9 Å². The van der Waals surface area contributed by atoms with Gasteiger partial charge in [-0.3, -0.25) is 9.37 Å². The molecule has 0 N–H and O–H groups in total. The predicted octanol–water partition coefficient (Wildman–Crippen LogP) is 4.99. The summed E-state index contributed by atoms with van der Waals surface area (Å²) in [4.78, 5) is 4.67. The van der Waals surface area contributed by atoms with Gasteiger partial charge in [-0.1, -0.05) is 42.5 Å². The number of aromatic nitrogens is 1. The van der Waals surface area contributed by atoms with Crippen molar-refractivity contribution in [2.75, 3.05) is 0 Å². The van der Waals surface area contributed by atoms with E-state index in [1.165, 1.54) is 22.9 Å². The minimum Gasteiger partial charge on any atom is -0.296 e. The Kier molecular flexibility index (Phi) is 4.02. The fourth-order valence-corrected chi connectivity index (χ4v) is 2.60. The van der Waals surface area contributed by atoms with E-state index in [1.807, 2.05) is 24.3 Å². The summed E-state index contributed by atoms with van der Waals surface area (Å²) < 4.78 is 13.0. The number of fused-ring (bicyclic) bond motifs is 3. The van der Waals surface area contributed by atoms with Crippen LogP contribution in [0.4, 0.5) is 4.39 Å². The molecular formula is C19H11FIrN-. The minimum atomic E-state index is -0.287. The summed E-state index contributed by atoms with van der Waals surface area (Å²) in [6.45, 7) is 0. The van der Waals surface area contributed by atoms with Gasteiger partial charge in [-0.2, -0.15) is 0 Å². The van der Waals surface area contributed by atoms with Crippen molar-refractivity contribution in [1.29, 1.82) is 0 Å². The van der Waals surface area contributed by atoms with Crippen LogP contribution in [-0.4, -0.2) is 4.98 Å². The first kappa shape index (κ1) is 14.8. The Hall–Kier alpha value is -2.09. The van der Waals surface area contributed by atoms with E-state index in [0.29, 0.717) is 0 Å². The van der Waals surface area contributed by atoms with E-state index in [9.17, 15) is 4.39 Å². The van der Waals surface area contributed by atoms with Crippen molar-refractivity contribution in [3.63, 3.8) is 0 Å².